The molecule has 0 bridgehead atoms. The summed E-state index contributed by atoms with van der Waals surface area (Å²) in [6, 6.07) is 28.7. The lowest BCUT2D eigenvalue weighted by Gasteiger charge is -2.39. The van der Waals surface area contributed by atoms with Crippen molar-refractivity contribution in [1.82, 2.24) is 14.9 Å². The summed E-state index contributed by atoms with van der Waals surface area (Å²) in [5, 5.41) is 25.3. The van der Waals surface area contributed by atoms with Gasteiger partial charge in [-0.2, -0.15) is 0 Å². The van der Waals surface area contributed by atoms with Crippen LogP contribution in [0.2, 0.25) is 18.1 Å². The minimum Gasteiger partial charge on any atom is -0.506 e. The van der Waals surface area contributed by atoms with Crippen LogP contribution in [0.15, 0.2) is 105 Å². The van der Waals surface area contributed by atoms with Gasteiger partial charge in [-0.25, -0.2) is 9.59 Å². The van der Waals surface area contributed by atoms with E-state index < -0.39 is 14.4 Å². The number of aromatic amines is 1. The Hall–Kier alpha value is -5.47. The van der Waals surface area contributed by atoms with Crippen molar-refractivity contribution in [2.45, 2.75) is 122 Å². The second kappa shape index (κ2) is 18.9. The van der Waals surface area contributed by atoms with Gasteiger partial charge in [0.05, 0.1) is 22.8 Å². The molecule has 0 saturated heterocycles. The van der Waals surface area contributed by atoms with Crippen molar-refractivity contribution in [1.29, 1.82) is 0 Å². The van der Waals surface area contributed by atoms with Crippen LogP contribution in [0.3, 0.4) is 0 Å². The number of nitrogens with one attached hydrogen (secondary N) is 2. The Bertz CT molecular complexity index is 2620. The van der Waals surface area contributed by atoms with Crippen molar-refractivity contribution in [2.24, 2.45) is 5.73 Å². The molecular formula is C49H61N5O7Si. The standard InChI is InChI=1S/C49H61N5O7Si/c1-49(2,3)62(4,5)61-44(38-22-25-42(55)46-39(38)23-26-45(56)52-46)31-51-30-33-16-24-40-43(29-33)60-48(59)53(40)27-11-7-8-12-32-15-21-37(34-13-9-6-10-14-34)41(28-32)54(47(57)58)36-19-17-35(50)18-20-36/h6,9-10,13-16,21-26,28-29,35-36,44,51,55H,7-8,11-12,17-20,27,30-31,50H2,1-5H3,(H,52,56)(H,57,58)/t35-,36-,44-/m0/s1. The molecule has 1 aliphatic rings. The minimum absolute atomic E-state index is 0.00751. The molecule has 1 amide bonds. The maximum Gasteiger partial charge on any atom is 0.419 e. The summed E-state index contributed by atoms with van der Waals surface area (Å²) in [5.41, 5.74) is 13.1. The Labute approximate surface area is 363 Å². The lowest BCUT2D eigenvalue weighted by atomic mass is 9.89. The van der Waals surface area contributed by atoms with Crippen molar-refractivity contribution < 1.29 is 23.9 Å². The number of pyridine rings is 1. The predicted molar refractivity (Wildman–Crippen MR) is 250 cm³/mol. The van der Waals surface area contributed by atoms with Crippen molar-refractivity contribution >= 4 is 42.1 Å². The number of carboxylic acid groups (broad SMARTS) is 1. The molecule has 7 rings (SSSR count). The van der Waals surface area contributed by atoms with Crippen molar-refractivity contribution in [3.63, 3.8) is 0 Å². The van der Waals surface area contributed by atoms with E-state index in [1.807, 2.05) is 60.7 Å². The van der Waals surface area contributed by atoms with Gasteiger partial charge in [0, 0.05) is 48.7 Å². The van der Waals surface area contributed by atoms with E-state index >= 15 is 0 Å². The number of H-pyrrole nitrogens is 1. The van der Waals surface area contributed by atoms with Gasteiger partial charge in [0.25, 0.3) is 0 Å². The Morgan fingerprint density at radius 2 is 1.69 bits per heavy atom. The van der Waals surface area contributed by atoms with Crippen LogP contribution in [0.4, 0.5) is 10.5 Å². The molecule has 1 fully saturated rings. The number of unbranched alkanes of at least 4 members (excludes halogenated alkanes) is 2. The van der Waals surface area contributed by atoms with Gasteiger partial charge in [-0.05, 0) is 116 Å². The van der Waals surface area contributed by atoms with Crippen LogP contribution < -0.4 is 27.3 Å². The second-order valence-electron chi connectivity index (χ2n) is 18.4. The third kappa shape index (κ3) is 10.1. The van der Waals surface area contributed by atoms with E-state index in [1.54, 1.807) is 21.6 Å². The predicted octanol–water partition coefficient (Wildman–Crippen LogP) is 9.83. The zero-order valence-corrected chi connectivity index (χ0v) is 37.6. The quantitative estimate of drug-likeness (QED) is 0.0469. The number of hydrogen-bond acceptors (Lipinski definition) is 8. The Kier molecular flexibility index (Phi) is 13.6. The summed E-state index contributed by atoms with van der Waals surface area (Å²) < 4.78 is 14.4. The van der Waals surface area contributed by atoms with E-state index in [1.165, 1.54) is 6.07 Å². The molecule has 13 heteroatoms. The maximum absolute atomic E-state index is 13.1. The van der Waals surface area contributed by atoms with Gasteiger partial charge in [0.2, 0.25) is 5.56 Å². The number of oxazole rings is 1. The van der Waals surface area contributed by atoms with Crippen LogP contribution in [0, 0.1) is 0 Å². The molecule has 0 aliphatic heterocycles. The number of anilines is 1. The third-order valence-electron chi connectivity index (χ3n) is 13.0. The number of nitrogens with two attached hydrogens (primary N) is 1. The molecule has 0 unspecified atom stereocenters. The highest BCUT2D eigenvalue weighted by molar-refractivity contribution is 6.74. The smallest absolute Gasteiger partial charge is 0.419 e. The first kappa shape index (κ1) is 44.6. The fraction of sp³-hybridized carbons (Fsp3) is 0.408. The summed E-state index contributed by atoms with van der Waals surface area (Å²) >= 11 is 0. The first-order valence-corrected chi connectivity index (χ1v) is 24.8. The average molecular weight is 860 g/mol. The van der Waals surface area contributed by atoms with E-state index in [-0.39, 0.29) is 40.3 Å². The van der Waals surface area contributed by atoms with Gasteiger partial charge < -0.3 is 35.1 Å². The number of phenols is 1. The molecule has 1 atom stereocenters. The molecule has 12 nitrogen and oxygen atoms in total. The normalized spacial score (nSPS) is 16.5. The fourth-order valence-electron chi connectivity index (χ4n) is 8.45. The highest BCUT2D eigenvalue weighted by Crippen LogP contribution is 2.41. The van der Waals surface area contributed by atoms with E-state index in [9.17, 15) is 24.6 Å². The molecule has 2 aromatic heterocycles. The molecule has 4 aromatic carbocycles. The number of carbonyl (C=O) groups is 1. The Morgan fingerprint density at radius 1 is 0.952 bits per heavy atom. The van der Waals surface area contributed by atoms with Crippen LogP contribution in [0.1, 0.15) is 88.5 Å². The zero-order valence-electron chi connectivity index (χ0n) is 36.6. The van der Waals surface area contributed by atoms with E-state index in [0.29, 0.717) is 30.7 Å². The van der Waals surface area contributed by atoms with Gasteiger partial charge in [-0.3, -0.25) is 14.3 Å². The zero-order chi connectivity index (χ0) is 44.2. The molecule has 328 valence electrons. The highest BCUT2D eigenvalue weighted by atomic mass is 28.4. The number of aromatic hydroxyl groups is 1. The van der Waals surface area contributed by atoms with Crippen LogP contribution in [0.25, 0.3) is 33.1 Å². The topological polar surface area (TPSA) is 176 Å². The third-order valence-corrected chi connectivity index (χ3v) is 17.4. The van der Waals surface area contributed by atoms with Gasteiger partial charge >= 0.3 is 11.8 Å². The highest BCUT2D eigenvalue weighted by Gasteiger charge is 2.40. The van der Waals surface area contributed by atoms with Crippen LogP contribution in [-0.2, 0) is 23.9 Å². The summed E-state index contributed by atoms with van der Waals surface area (Å²) in [6.45, 7) is 12.5. The lowest BCUT2D eigenvalue weighted by molar-refractivity contribution is 0.181. The number of nitrogens with zero attached hydrogens (tertiary/aromatic N) is 2. The molecule has 2 heterocycles. The van der Waals surface area contributed by atoms with Gasteiger partial charge in [0.1, 0.15) is 5.75 Å². The molecule has 1 aliphatic carbocycles. The van der Waals surface area contributed by atoms with Crippen molar-refractivity contribution in [2.75, 3.05) is 11.4 Å². The number of phenolic OH excluding ortho intramolecular Hbond substituents is 1. The molecule has 1 saturated carbocycles. The lowest BCUT2D eigenvalue weighted by Crippen LogP contribution is -2.44. The summed E-state index contributed by atoms with van der Waals surface area (Å²) in [4.78, 5) is 42.4. The summed E-state index contributed by atoms with van der Waals surface area (Å²) in [6.07, 6.45) is 5.13. The van der Waals surface area contributed by atoms with E-state index in [4.69, 9.17) is 14.6 Å². The first-order valence-electron chi connectivity index (χ1n) is 21.9. The summed E-state index contributed by atoms with van der Waals surface area (Å²) in [7, 11) is -2.25. The Morgan fingerprint density at radius 3 is 2.42 bits per heavy atom. The monoisotopic (exact) mass is 859 g/mol. The van der Waals surface area contributed by atoms with Gasteiger partial charge in [-0.1, -0.05) is 81.8 Å². The molecule has 0 radical (unpaired) electrons. The number of benzene rings is 4. The van der Waals surface area contributed by atoms with E-state index in [2.05, 4.69) is 56.3 Å². The SMILES string of the molecule is CC(C)(C)[Si](C)(C)O[C@@H](CNCc1ccc2c(c1)oc(=O)n2CCCCCc1ccc(-c2ccccc2)c(N(C(=O)O)[C@H]2CC[C@H](N)CC2)c1)c1ccc(O)c2[nH]c(=O)ccc12. The average Bonchev–Trinajstić information content (AvgIpc) is 3.54. The molecule has 6 N–H and O–H groups in total. The van der Waals surface area contributed by atoms with Gasteiger partial charge in [-0.15, -0.1) is 0 Å². The van der Waals surface area contributed by atoms with Crippen LogP contribution in [0.5, 0.6) is 5.75 Å². The van der Waals surface area contributed by atoms with Gasteiger partial charge in [0.15, 0.2) is 13.9 Å². The molecule has 6 aromatic rings. The molecule has 0 spiro atoms. The number of amides is 1. The first-order chi connectivity index (χ1) is 29.6. The van der Waals surface area contributed by atoms with Crippen LogP contribution >= 0.6 is 0 Å². The molecule has 62 heavy (non-hydrogen) atoms. The fourth-order valence-corrected chi connectivity index (χ4v) is 9.73. The Balaban J connectivity index is 0.992. The number of rotatable bonds is 16. The van der Waals surface area contributed by atoms with E-state index in [0.717, 1.165) is 95.8 Å². The second-order valence-corrected chi connectivity index (χ2v) is 23.1. The number of aryl methyl sites for hydroxylation is 2. The number of hydrogen-bond donors (Lipinski definition) is 5. The maximum atomic E-state index is 13.1. The largest absolute Gasteiger partial charge is 0.506 e. The minimum atomic E-state index is -2.25. The van der Waals surface area contributed by atoms with Crippen LogP contribution in [-0.4, -0.2) is 52.8 Å². The number of fused-ring (bicyclic) bond motifs is 2. The molecular weight excluding hydrogens is 799 g/mol. The van der Waals surface area contributed by atoms with Crippen molar-refractivity contribution in [3.05, 3.63) is 129 Å². The summed E-state index contributed by atoms with van der Waals surface area (Å²) in [5.74, 6) is -0.378. The number of aromatic nitrogens is 2. The van der Waals surface area contributed by atoms with Crippen molar-refractivity contribution in [3.8, 4) is 16.9 Å².